The van der Waals surface area contributed by atoms with Crippen molar-refractivity contribution >= 4 is 17.4 Å². The summed E-state index contributed by atoms with van der Waals surface area (Å²) in [6.07, 6.45) is 2.73. The molecule has 0 atom stereocenters. The van der Waals surface area contributed by atoms with E-state index >= 15 is 0 Å². The van der Waals surface area contributed by atoms with Crippen LogP contribution in [0.1, 0.15) is 27.2 Å². The van der Waals surface area contributed by atoms with E-state index in [2.05, 4.69) is 22.5 Å². The molecule has 0 unspecified atom stereocenters. The summed E-state index contributed by atoms with van der Waals surface area (Å²) < 4.78 is 0. The Morgan fingerprint density at radius 1 is 1.44 bits per heavy atom. The van der Waals surface area contributed by atoms with Gasteiger partial charge in [-0.3, -0.25) is 4.79 Å². The minimum absolute atomic E-state index is 0.0102. The summed E-state index contributed by atoms with van der Waals surface area (Å²) in [6, 6.07) is 3.72. The normalized spacial score (nSPS) is 10.2. The van der Waals surface area contributed by atoms with Crippen LogP contribution in [0, 0.1) is 5.92 Å². The number of pyridine rings is 1. The van der Waals surface area contributed by atoms with E-state index < -0.39 is 0 Å². The number of nitrogens with one attached hydrogen (secondary N) is 2. The molecule has 1 heterocycles. The molecule has 2 N–H and O–H groups in total. The van der Waals surface area contributed by atoms with Crippen molar-refractivity contribution in [3.05, 3.63) is 18.3 Å². The molecule has 0 aliphatic carbocycles. The summed E-state index contributed by atoms with van der Waals surface area (Å²) in [6.45, 7) is 6.73. The first kappa shape index (κ1) is 12.5. The van der Waals surface area contributed by atoms with Gasteiger partial charge in [-0.15, -0.1) is 0 Å². The van der Waals surface area contributed by atoms with Crippen molar-refractivity contribution < 1.29 is 4.79 Å². The Balaban J connectivity index is 2.54. The zero-order valence-corrected chi connectivity index (χ0v) is 10.1. The Kier molecular flexibility index (Phi) is 4.76. The van der Waals surface area contributed by atoms with Crippen LogP contribution in [-0.4, -0.2) is 17.4 Å². The number of carbonyl (C=O) groups is 1. The molecule has 0 bridgehead atoms. The van der Waals surface area contributed by atoms with Gasteiger partial charge in [0, 0.05) is 12.5 Å². The van der Waals surface area contributed by atoms with Crippen LogP contribution in [-0.2, 0) is 4.79 Å². The molecule has 0 fully saturated rings. The lowest BCUT2D eigenvalue weighted by Crippen LogP contribution is -2.17. The number of amides is 1. The number of hydrogen-bond donors (Lipinski definition) is 2. The lowest BCUT2D eigenvalue weighted by molar-refractivity contribution is -0.118. The van der Waals surface area contributed by atoms with E-state index in [-0.39, 0.29) is 11.8 Å². The lowest BCUT2D eigenvalue weighted by atomic mass is 10.2. The highest BCUT2D eigenvalue weighted by Crippen LogP contribution is 2.10. The first-order chi connectivity index (χ1) is 7.63. The molecule has 1 aromatic heterocycles. The molecular formula is C12H19N3O. The summed E-state index contributed by atoms with van der Waals surface area (Å²) in [5.41, 5.74) is 0.737. The molecule has 1 rings (SSSR count). The lowest BCUT2D eigenvalue weighted by Gasteiger charge is -2.08. The first-order valence-corrected chi connectivity index (χ1v) is 5.64. The predicted octanol–water partition coefficient (Wildman–Crippen LogP) is 2.50. The van der Waals surface area contributed by atoms with Crippen molar-refractivity contribution in [1.82, 2.24) is 4.98 Å². The van der Waals surface area contributed by atoms with Gasteiger partial charge in [-0.25, -0.2) is 4.98 Å². The molecule has 0 spiro atoms. The quantitative estimate of drug-likeness (QED) is 0.803. The van der Waals surface area contributed by atoms with Gasteiger partial charge in [0.25, 0.3) is 0 Å². The van der Waals surface area contributed by atoms with Crippen LogP contribution in [0.25, 0.3) is 0 Å². The van der Waals surface area contributed by atoms with E-state index in [9.17, 15) is 4.79 Å². The summed E-state index contributed by atoms with van der Waals surface area (Å²) in [5.74, 6) is 0.832. The SMILES string of the molecule is CCCNc1ccc(NC(=O)C(C)C)cn1. The summed E-state index contributed by atoms with van der Waals surface area (Å²) in [5, 5.41) is 5.97. The average molecular weight is 221 g/mol. The van der Waals surface area contributed by atoms with Gasteiger partial charge in [0.1, 0.15) is 5.82 Å². The molecule has 16 heavy (non-hydrogen) atoms. The fourth-order valence-electron chi connectivity index (χ4n) is 1.11. The zero-order chi connectivity index (χ0) is 12.0. The van der Waals surface area contributed by atoms with E-state index in [0.717, 1.165) is 24.5 Å². The Morgan fingerprint density at radius 2 is 2.19 bits per heavy atom. The monoisotopic (exact) mass is 221 g/mol. The Hall–Kier alpha value is -1.58. The second-order valence-electron chi connectivity index (χ2n) is 4.00. The topological polar surface area (TPSA) is 54.0 Å². The minimum Gasteiger partial charge on any atom is -0.370 e. The summed E-state index contributed by atoms with van der Waals surface area (Å²) in [4.78, 5) is 15.6. The van der Waals surface area contributed by atoms with Crippen LogP contribution >= 0.6 is 0 Å². The van der Waals surface area contributed by atoms with Crippen molar-refractivity contribution in [2.75, 3.05) is 17.2 Å². The molecule has 1 aromatic rings. The van der Waals surface area contributed by atoms with E-state index in [1.165, 1.54) is 0 Å². The van der Waals surface area contributed by atoms with Gasteiger partial charge in [-0.2, -0.15) is 0 Å². The molecule has 0 saturated heterocycles. The maximum Gasteiger partial charge on any atom is 0.226 e. The van der Waals surface area contributed by atoms with Crippen LogP contribution in [0.5, 0.6) is 0 Å². The highest BCUT2D eigenvalue weighted by molar-refractivity contribution is 5.91. The Bertz CT molecular complexity index is 333. The van der Waals surface area contributed by atoms with E-state index in [0.29, 0.717) is 0 Å². The van der Waals surface area contributed by atoms with E-state index in [1.807, 2.05) is 26.0 Å². The van der Waals surface area contributed by atoms with Crippen LogP contribution in [0.3, 0.4) is 0 Å². The van der Waals surface area contributed by atoms with Gasteiger partial charge in [0.15, 0.2) is 0 Å². The van der Waals surface area contributed by atoms with Crippen LogP contribution in [0.15, 0.2) is 18.3 Å². The third kappa shape index (κ3) is 3.88. The third-order valence-electron chi connectivity index (χ3n) is 2.11. The second-order valence-corrected chi connectivity index (χ2v) is 4.00. The maximum atomic E-state index is 11.4. The van der Waals surface area contributed by atoms with Crippen LogP contribution < -0.4 is 10.6 Å². The highest BCUT2D eigenvalue weighted by Gasteiger charge is 2.06. The number of rotatable bonds is 5. The number of aromatic nitrogens is 1. The molecular weight excluding hydrogens is 202 g/mol. The van der Waals surface area contributed by atoms with Gasteiger partial charge in [0.2, 0.25) is 5.91 Å². The van der Waals surface area contributed by atoms with Crippen molar-refractivity contribution in [1.29, 1.82) is 0 Å². The fourth-order valence-corrected chi connectivity index (χ4v) is 1.11. The summed E-state index contributed by atoms with van der Waals surface area (Å²) >= 11 is 0. The van der Waals surface area contributed by atoms with Crippen molar-refractivity contribution in [2.24, 2.45) is 5.92 Å². The molecule has 0 aliphatic rings. The number of nitrogens with zero attached hydrogens (tertiary/aromatic N) is 1. The predicted molar refractivity (Wildman–Crippen MR) is 66.5 cm³/mol. The van der Waals surface area contributed by atoms with E-state index in [4.69, 9.17) is 0 Å². The van der Waals surface area contributed by atoms with E-state index in [1.54, 1.807) is 6.20 Å². The number of anilines is 2. The van der Waals surface area contributed by atoms with Gasteiger partial charge in [0.05, 0.1) is 11.9 Å². The van der Waals surface area contributed by atoms with Crippen LogP contribution in [0.2, 0.25) is 0 Å². The van der Waals surface area contributed by atoms with Crippen molar-refractivity contribution in [2.45, 2.75) is 27.2 Å². The van der Waals surface area contributed by atoms with Crippen molar-refractivity contribution in [3.63, 3.8) is 0 Å². The fraction of sp³-hybridized carbons (Fsp3) is 0.500. The van der Waals surface area contributed by atoms with Gasteiger partial charge < -0.3 is 10.6 Å². The minimum atomic E-state index is -0.0158. The van der Waals surface area contributed by atoms with Crippen molar-refractivity contribution in [3.8, 4) is 0 Å². The standard InChI is InChI=1S/C12H19N3O/c1-4-7-13-11-6-5-10(8-14-11)15-12(16)9(2)3/h5-6,8-9H,4,7H2,1-3H3,(H,13,14)(H,15,16). The molecule has 88 valence electrons. The largest absolute Gasteiger partial charge is 0.370 e. The number of hydrogen-bond acceptors (Lipinski definition) is 3. The summed E-state index contributed by atoms with van der Waals surface area (Å²) in [7, 11) is 0. The maximum absolute atomic E-state index is 11.4. The Morgan fingerprint density at radius 3 is 2.69 bits per heavy atom. The Labute approximate surface area is 96.5 Å². The second kappa shape index (κ2) is 6.10. The first-order valence-electron chi connectivity index (χ1n) is 5.64. The average Bonchev–Trinajstić information content (AvgIpc) is 2.28. The third-order valence-corrected chi connectivity index (χ3v) is 2.11. The highest BCUT2D eigenvalue weighted by atomic mass is 16.1. The molecule has 4 heteroatoms. The van der Waals surface area contributed by atoms with Gasteiger partial charge >= 0.3 is 0 Å². The number of carbonyl (C=O) groups excluding carboxylic acids is 1. The molecule has 4 nitrogen and oxygen atoms in total. The molecule has 1 amide bonds. The van der Waals surface area contributed by atoms with Gasteiger partial charge in [-0.05, 0) is 18.6 Å². The van der Waals surface area contributed by atoms with Crippen LogP contribution in [0.4, 0.5) is 11.5 Å². The zero-order valence-electron chi connectivity index (χ0n) is 10.1. The van der Waals surface area contributed by atoms with Gasteiger partial charge in [-0.1, -0.05) is 20.8 Å². The molecule has 0 saturated carbocycles. The smallest absolute Gasteiger partial charge is 0.226 e. The molecule has 0 aliphatic heterocycles. The molecule has 0 aromatic carbocycles. The molecule has 0 radical (unpaired) electrons.